The van der Waals surface area contributed by atoms with Crippen molar-refractivity contribution in [3.05, 3.63) is 12.3 Å². The highest BCUT2D eigenvalue weighted by molar-refractivity contribution is 4.81. The van der Waals surface area contributed by atoms with E-state index in [-0.39, 0.29) is 6.20 Å². The van der Waals surface area contributed by atoms with E-state index in [1.54, 1.807) is 0 Å². The van der Waals surface area contributed by atoms with Crippen LogP contribution in [-0.2, 0) is 0 Å². The summed E-state index contributed by atoms with van der Waals surface area (Å²) < 4.78 is 69.3. The molecule has 0 spiro atoms. The van der Waals surface area contributed by atoms with Gasteiger partial charge in [-0.1, -0.05) is 6.08 Å². The van der Waals surface area contributed by atoms with Crippen LogP contribution >= 0.6 is 0 Å². The van der Waals surface area contributed by atoms with Gasteiger partial charge >= 0.3 is 12.6 Å². The first-order valence-corrected chi connectivity index (χ1v) is 2.75. The number of allylic oxidation sites excluding steroid dienone is 1. The van der Waals surface area contributed by atoms with E-state index in [1.807, 2.05) is 0 Å². The topological polar surface area (TPSA) is 3.24 Å². The molecule has 0 aromatic rings. The van der Waals surface area contributed by atoms with E-state index in [0.29, 0.717) is 6.08 Å². The molecule has 0 saturated carbocycles. The molecular weight excluding hydrogens is 188 g/mol. The zero-order valence-corrected chi connectivity index (χ0v) is 5.87. The smallest absolute Gasteiger partial charge is 0.201 e. The van der Waals surface area contributed by atoms with Crippen molar-refractivity contribution in [1.29, 1.82) is 0 Å². The summed E-state index contributed by atoms with van der Waals surface area (Å²) in [5, 5.41) is 0. The lowest BCUT2D eigenvalue weighted by Gasteiger charge is -2.24. The molecule has 0 saturated heterocycles. The zero-order valence-electron chi connectivity index (χ0n) is 5.87. The Kier molecular flexibility index (Phi) is 3.00. The van der Waals surface area contributed by atoms with Crippen LogP contribution in [0.5, 0.6) is 0 Å². The summed E-state index contributed by atoms with van der Waals surface area (Å²) in [6, 6.07) is 0. The van der Waals surface area contributed by atoms with Gasteiger partial charge in [0.1, 0.15) is 0 Å². The molecule has 0 N–H and O–H groups in total. The monoisotopic (exact) mass is 193 g/mol. The molecule has 12 heavy (non-hydrogen) atoms. The van der Waals surface area contributed by atoms with Gasteiger partial charge in [0, 0.05) is 6.20 Å². The van der Waals surface area contributed by atoms with E-state index in [1.165, 1.54) is 0 Å². The van der Waals surface area contributed by atoms with Gasteiger partial charge in [-0.05, 0) is 6.92 Å². The summed E-state index contributed by atoms with van der Waals surface area (Å²) in [5.74, 6) is 0. The molecule has 0 unspecified atom stereocenters. The van der Waals surface area contributed by atoms with E-state index >= 15 is 0 Å². The van der Waals surface area contributed by atoms with Crippen molar-refractivity contribution in [2.45, 2.75) is 19.5 Å². The molecule has 0 radical (unpaired) electrons. The number of rotatable bonds is 1. The SMILES string of the molecule is C/C=C/N(C(F)(F)F)C(F)(F)F. The van der Waals surface area contributed by atoms with E-state index in [2.05, 4.69) is 0 Å². The first-order valence-electron chi connectivity index (χ1n) is 2.75. The molecule has 0 aromatic heterocycles. The van der Waals surface area contributed by atoms with Gasteiger partial charge in [0.2, 0.25) is 0 Å². The fourth-order valence-electron chi connectivity index (χ4n) is 0.462. The lowest BCUT2D eigenvalue weighted by Crippen LogP contribution is -2.43. The summed E-state index contributed by atoms with van der Waals surface area (Å²) >= 11 is 0. The molecule has 0 heterocycles. The van der Waals surface area contributed by atoms with Gasteiger partial charge in [0.05, 0.1) is 0 Å². The van der Waals surface area contributed by atoms with Gasteiger partial charge in [0.25, 0.3) is 0 Å². The van der Waals surface area contributed by atoms with Crippen molar-refractivity contribution >= 4 is 0 Å². The Labute approximate surface area is 64.3 Å². The molecule has 0 atom stereocenters. The van der Waals surface area contributed by atoms with E-state index < -0.39 is 17.5 Å². The molecule has 0 aliphatic rings. The molecule has 0 bridgehead atoms. The highest BCUT2D eigenvalue weighted by Gasteiger charge is 2.51. The van der Waals surface area contributed by atoms with E-state index in [9.17, 15) is 26.3 Å². The maximum atomic E-state index is 11.6. The summed E-state index contributed by atoms with van der Waals surface area (Å²) in [5.41, 5.74) is 0. The molecule has 72 valence electrons. The second-order valence-corrected chi connectivity index (χ2v) is 1.79. The van der Waals surface area contributed by atoms with E-state index in [0.717, 1.165) is 6.92 Å². The fourth-order valence-corrected chi connectivity index (χ4v) is 0.462. The summed E-state index contributed by atoms with van der Waals surface area (Å²) in [4.78, 5) is -1.62. The van der Waals surface area contributed by atoms with Crippen molar-refractivity contribution < 1.29 is 26.3 Å². The molecule has 0 rings (SSSR count). The Balaban J connectivity index is 4.69. The van der Waals surface area contributed by atoms with Crippen LogP contribution in [0, 0.1) is 0 Å². The van der Waals surface area contributed by atoms with Crippen molar-refractivity contribution in [1.82, 2.24) is 4.90 Å². The third kappa shape index (κ3) is 3.02. The second kappa shape index (κ2) is 3.24. The number of hydrogen-bond donors (Lipinski definition) is 0. The lowest BCUT2D eigenvalue weighted by atomic mass is 10.6. The van der Waals surface area contributed by atoms with Crippen LogP contribution in [0.3, 0.4) is 0 Å². The van der Waals surface area contributed by atoms with Crippen molar-refractivity contribution in [2.75, 3.05) is 0 Å². The molecule has 0 aliphatic heterocycles. The molecule has 0 aromatic carbocycles. The minimum Gasteiger partial charge on any atom is -0.201 e. The van der Waals surface area contributed by atoms with Crippen molar-refractivity contribution in [3.63, 3.8) is 0 Å². The summed E-state index contributed by atoms with van der Waals surface area (Å²) in [6.45, 7) is 1.06. The predicted molar refractivity (Wildman–Crippen MR) is 28.8 cm³/mol. The fraction of sp³-hybridized carbons (Fsp3) is 0.600. The Morgan fingerprint density at radius 1 is 0.917 bits per heavy atom. The third-order valence-corrected chi connectivity index (χ3v) is 0.844. The van der Waals surface area contributed by atoms with Crippen LogP contribution in [0.15, 0.2) is 12.3 Å². The van der Waals surface area contributed by atoms with Gasteiger partial charge in [0.15, 0.2) is 0 Å². The average Bonchev–Trinajstić information content (AvgIpc) is 1.77. The predicted octanol–water partition coefficient (Wildman–Crippen LogP) is 2.86. The van der Waals surface area contributed by atoms with Gasteiger partial charge in [-0.25, -0.2) is 4.90 Å². The Morgan fingerprint density at radius 2 is 1.25 bits per heavy atom. The minimum atomic E-state index is -5.43. The van der Waals surface area contributed by atoms with Gasteiger partial charge < -0.3 is 0 Å². The molecular formula is C5H5F6N. The maximum absolute atomic E-state index is 11.6. The lowest BCUT2D eigenvalue weighted by molar-refractivity contribution is -0.353. The van der Waals surface area contributed by atoms with Crippen LogP contribution in [0.25, 0.3) is 0 Å². The van der Waals surface area contributed by atoms with Gasteiger partial charge in [-0.15, -0.1) is 26.3 Å². The molecule has 1 nitrogen and oxygen atoms in total. The standard InChI is InChI=1S/C5H5F6N/c1-2-3-12(4(6,7)8)5(9,10)11/h2-3H,1H3/b3-2+. The van der Waals surface area contributed by atoms with Crippen molar-refractivity contribution in [3.8, 4) is 0 Å². The first-order chi connectivity index (χ1) is 5.19. The number of nitrogens with zero attached hydrogens (tertiary/aromatic N) is 1. The van der Waals surface area contributed by atoms with Crippen LogP contribution in [0.1, 0.15) is 6.92 Å². The second-order valence-electron chi connectivity index (χ2n) is 1.79. The normalized spacial score (nSPS) is 13.9. The van der Waals surface area contributed by atoms with Crippen molar-refractivity contribution in [2.24, 2.45) is 0 Å². The van der Waals surface area contributed by atoms with E-state index in [4.69, 9.17) is 0 Å². The largest absolute Gasteiger partial charge is 0.491 e. The summed E-state index contributed by atoms with van der Waals surface area (Å²) in [6.07, 6.45) is -10.3. The Bertz CT molecular complexity index is 152. The molecule has 0 amide bonds. The van der Waals surface area contributed by atoms with Gasteiger partial charge in [-0.3, -0.25) is 0 Å². The third-order valence-electron chi connectivity index (χ3n) is 0.844. The minimum absolute atomic E-state index is 0.0833. The van der Waals surface area contributed by atoms with Crippen LogP contribution in [-0.4, -0.2) is 17.5 Å². The molecule has 0 aliphatic carbocycles. The quantitative estimate of drug-likeness (QED) is 0.457. The Morgan fingerprint density at radius 3 is 1.33 bits per heavy atom. The first kappa shape index (κ1) is 11.1. The number of hydrogen-bond acceptors (Lipinski definition) is 1. The number of alkyl halides is 6. The zero-order chi connectivity index (χ0) is 9.99. The maximum Gasteiger partial charge on any atom is 0.491 e. The average molecular weight is 193 g/mol. The molecule has 7 heteroatoms. The van der Waals surface area contributed by atoms with Gasteiger partial charge in [-0.2, -0.15) is 0 Å². The highest BCUT2D eigenvalue weighted by atomic mass is 19.4. The van der Waals surface area contributed by atoms with Crippen LogP contribution < -0.4 is 0 Å². The molecule has 0 fully saturated rings. The summed E-state index contributed by atoms with van der Waals surface area (Å²) in [7, 11) is 0. The number of halogens is 6. The Hall–Kier alpha value is -0.880. The van der Waals surface area contributed by atoms with Crippen LogP contribution in [0.2, 0.25) is 0 Å². The van der Waals surface area contributed by atoms with Crippen LogP contribution in [0.4, 0.5) is 26.3 Å². The highest BCUT2D eigenvalue weighted by Crippen LogP contribution is 2.33.